The van der Waals surface area contributed by atoms with Crippen molar-refractivity contribution in [2.45, 2.75) is 0 Å². The zero-order chi connectivity index (χ0) is 14.0. The number of amides is 1. The van der Waals surface area contributed by atoms with Gasteiger partial charge in [0.1, 0.15) is 5.82 Å². The molecule has 2 rings (SSSR count). The molecule has 0 unspecified atom stereocenters. The molecule has 0 fully saturated rings. The largest absolute Gasteiger partial charge is 0.398 e. The Hall–Kier alpha value is -1.40. The van der Waals surface area contributed by atoms with Gasteiger partial charge in [-0.05, 0) is 62.2 Å². The van der Waals surface area contributed by atoms with Gasteiger partial charge in [-0.3, -0.25) is 4.79 Å². The van der Waals surface area contributed by atoms with Crippen LogP contribution in [0.4, 0.5) is 15.8 Å². The van der Waals surface area contributed by atoms with E-state index in [1.54, 1.807) is 12.1 Å². The van der Waals surface area contributed by atoms with Crippen molar-refractivity contribution in [2.24, 2.45) is 0 Å². The lowest BCUT2D eigenvalue weighted by atomic mass is 10.1. The highest BCUT2D eigenvalue weighted by Gasteiger charge is 2.14. The van der Waals surface area contributed by atoms with E-state index in [0.717, 1.165) is 6.07 Å². The van der Waals surface area contributed by atoms with E-state index in [9.17, 15) is 9.18 Å². The third-order valence-corrected chi connectivity index (χ3v) is 3.78. The highest BCUT2D eigenvalue weighted by molar-refractivity contribution is 9.11. The van der Waals surface area contributed by atoms with Crippen LogP contribution in [0.3, 0.4) is 0 Å². The minimum atomic E-state index is -0.509. The van der Waals surface area contributed by atoms with Crippen LogP contribution in [0.15, 0.2) is 45.3 Å². The van der Waals surface area contributed by atoms with Gasteiger partial charge in [-0.2, -0.15) is 0 Å². The van der Waals surface area contributed by atoms with Gasteiger partial charge in [0, 0.05) is 14.6 Å². The average molecular weight is 388 g/mol. The van der Waals surface area contributed by atoms with Crippen LogP contribution < -0.4 is 11.1 Å². The first kappa shape index (κ1) is 14.0. The van der Waals surface area contributed by atoms with Gasteiger partial charge in [-0.15, -0.1) is 0 Å². The van der Waals surface area contributed by atoms with Gasteiger partial charge in [0.25, 0.3) is 5.91 Å². The minimum absolute atomic E-state index is 0.0997. The zero-order valence-electron chi connectivity index (χ0n) is 9.58. The predicted octanol–water partition coefficient (Wildman–Crippen LogP) is 4.19. The Balaban J connectivity index is 2.34. The lowest BCUT2D eigenvalue weighted by Crippen LogP contribution is -2.15. The molecule has 0 radical (unpaired) electrons. The molecule has 6 heteroatoms. The highest BCUT2D eigenvalue weighted by Crippen LogP contribution is 2.31. The number of carbonyl (C=O) groups is 1. The van der Waals surface area contributed by atoms with Crippen LogP contribution in [0.25, 0.3) is 0 Å². The third-order valence-electron chi connectivity index (χ3n) is 2.46. The van der Waals surface area contributed by atoms with Gasteiger partial charge < -0.3 is 11.1 Å². The Morgan fingerprint density at radius 3 is 2.42 bits per heavy atom. The van der Waals surface area contributed by atoms with Crippen molar-refractivity contribution in [2.75, 3.05) is 11.1 Å². The second kappa shape index (κ2) is 5.71. The number of nitrogens with two attached hydrogens (primary N) is 1. The van der Waals surface area contributed by atoms with Crippen LogP contribution in [-0.4, -0.2) is 5.91 Å². The molecular weight excluding hydrogens is 379 g/mol. The predicted molar refractivity (Wildman–Crippen MR) is 80.6 cm³/mol. The van der Waals surface area contributed by atoms with E-state index in [0.29, 0.717) is 14.6 Å². The summed E-state index contributed by atoms with van der Waals surface area (Å²) in [6.45, 7) is 0. The molecule has 0 atom stereocenters. The van der Waals surface area contributed by atoms with Crippen LogP contribution >= 0.6 is 31.9 Å². The van der Waals surface area contributed by atoms with Crippen molar-refractivity contribution in [1.82, 2.24) is 0 Å². The van der Waals surface area contributed by atoms with Gasteiger partial charge in [0.05, 0.1) is 11.3 Å². The highest BCUT2D eigenvalue weighted by atomic mass is 79.9. The van der Waals surface area contributed by atoms with Crippen molar-refractivity contribution in [3.63, 3.8) is 0 Å². The van der Waals surface area contributed by atoms with Gasteiger partial charge in [-0.1, -0.05) is 6.07 Å². The smallest absolute Gasteiger partial charge is 0.257 e. The summed E-state index contributed by atoms with van der Waals surface area (Å²) in [7, 11) is 0. The average Bonchev–Trinajstić information content (AvgIpc) is 2.37. The number of benzene rings is 2. The number of carbonyl (C=O) groups excluding carboxylic acids is 1. The van der Waals surface area contributed by atoms with E-state index in [-0.39, 0.29) is 11.3 Å². The number of halogens is 3. The molecule has 2 aromatic carbocycles. The number of hydrogen-bond acceptors (Lipinski definition) is 2. The molecule has 19 heavy (non-hydrogen) atoms. The van der Waals surface area contributed by atoms with Crippen LogP contribution in [0.2, 0.25) is 0 Å². The van der Waals surface area contributed by atoms with Gasteiger partial charge in [0.2, 0.25) is 0 Å². The zero-order valence-corrected chi connectivity index (χ0v) is 12.8. The monoisotopic (exact) mass is 386 g/mol. The minimum Gasteiger partial charge on any atom is -0.398 e. The molecule has 3 nitrogen and oxygen atoms in total. The summed E-state index contributed by atoms with van der Waals surface area (Å²) < 4.78 is 14.6. The normalized spacial score (nSPS) is 10.3. The number of nitrogens with one attached hydrogen (secondary N) is 1. The van der Waals surface area contributed by atoms with Gasteiger partial charge >= 0.3 is 0 Å². The molecule has 0 saturated heterocycles. The van der Waals surface area contributed by atoms with E-state index in [1.807, 2.05) is 6.07 Å². The van der Waals surface area contributed by atoms with Crippen LogP contribution in [-0.2, 0) is 0 Å². The molecule has 0 aliphatic rings. The Bertz CT molecular complexity index is 626. The van der Waals surface area contributed by atoms with Gasteiger partial charge in [-0.25, -0.2) is 4.39 Å². The maximum Gasteiger partial charge on any atom is 0.257 e. The van der Waals surface area contributed by atoms with Crippen LogP contribution in [0.5, 0.6) is 0 Å². The van der Waals surface area contributed by atoms with Crippen LogP contribution in [0, 0.1) is 5.82 Å². The molecule has 1 amide bonds. The fraction of sp³-hybridized carbons (Fsp3) is 0. The van der Waals surface area contributed by atoms with E-state index in [1.165, 1.54) is 12.1 Å². The second-order valence-electron chi connectivity index (χ2n) is 3.78. The Labute approximate surface area is 126 Å². The molecule has 0 spiro atoms. The fourth-order valence-electron chi connectivity index (χ4n) is 1.52. The summed E-state index contributed by atoms with van der Waals surface area (Å²) in [5, 5.41) is 2.68. The van der Waals surface area contributed by atoms with Crippen molar-refractivity contribution >= 4 is 49.1 Å². The number of hydrogen-bond donors (Lipinski definition) is 2. The number of nitrogen functional groups attached to an aromatic ring is 1. The molecule has 0 bridgehead atoms. The van der Waals surface area contributed by atoms with Crippen molar-refractivity contribution in [3.8, 4) is 0 Å². The summed E-state index contributed by atoms with van der Waals surface area (Å²) >= 11 is 6.66. The topological polar surface area (TPSA) is 55.1 Å². The number of rotatable bonds is 2. The molecular formula is C13H9Br2FN2O. The summed E-state index contributed by atoms with van der Waals surface area (Å²) in [6.07, 6.45) is 0. The van der Waals surface area contributed by atoms with Crippen molar-refractivity contribution in [1.29, 1.82) is 0 Å². The summed E-state index contributed by atoms with van der Waals surface area (Å²) in [4.78, 5) is 12.1. The van der Waals surface area contributed by atoms with E-state index >= 15 is 0 Å². The third kappa shape index (κ3) is 3.13. The lowest BCUT2D eigenvalue weighted by molar-refractivity contribution is 0.102. The first-order valence-electron chi connectivity index (χ1n) is 5.29. The molecule has 3 N–H and O–H groups in total. The van der Waals surface area contributed by atoms with Crippen LogP contribution in [0.1, 0.15) is 10.4 Å². The van der Waals surface area contributed by atoms with E-state index in [2.05, 4.69) is 37.2 Å². The standard InChI is InChI=1S/C13H9Br2FN2O/c14-9-2-1-3-10(15)12(9)18-13(19)8-6-7(16)4-5-11(8)17/h1-6H,17H2,(H,18,19). The van der Waals surface area contributed by atoms with Crippen molar-refractivity contribution < 1.29 is 9.18 Å². The summed E-state index contributed by atoms with van der Waals surface area (Å²) in [6, 6.07) is 9.07. The molecule has 0 saturated carbocycles. The first-order valence-corrected chi connectivity index (χ1v) is 6.88. The maximum absolute atomic E-state index is 13.2. The Morgan fingerprint density at radius 2 is 1.79 bits per heavy atom. The van der Waals surface area contributed by atoms with Crippen molar-refractivity contribution in [3.05, 3.63) is 56.7 Å². The lowest BCUT2D eigenvalue weighted by Gasteiger charge is -2.11. The van der Waals surface area contributed by atoms with E-state index < -0.39 is 11.7 Å². The number of para-hydroxylation sites is 1. The molecule has 0 aliphatic carbocycles. The van der Waals surface area contributed by atoms with E-state index in [4.69, 9.17) is 5.73 Å². The second-order valence-corrected chi connectivity index (χ2v) is 5.49. The summed E-state index contributed by atoms with van der Waals surface area (Å²) in [5.41, 5.74) is 6.56. The Morgan fingerprint density at radius 1 is 1.16 bits per heavy atom. The SMILES string of the molecule is Nc1ccc(F)cc1C(=O)Nc1c(Br)cccc1Br. The van der Waals surface area contributed by atoms with Gasteiger partial charge in [0.15, 0.2) is 0 Å². The quantitative estimate of drug-likeness (QED) is 0.759. The molecule has 0 aromatic heterocycles. The molecule has 0 aliphatic heterocycles. The Kier molecular flexibility index (Phi) is 4.21. The first-order chi connectivity index (χ1) is 8.99. The molecule has 0 heterocycles. The number of anilines is 2. The maximum atomic E-state index is 13.2. The summed E-state index contributed by atoms with van der Waals surface area (Å²) in [5.74, 6) is -0.977. The molecule has 98 valence electrons. The molecule has 2 aromatic rings. The fourth-order valence-corrected chi connectivity index (χ4v) is 2.72.